The molecule has 3 heterocycles. The summed E-state index contributed by atoms with van der Waals surface area (Å²) in [6.07, 6.45) is 8.93. The number of piperidine rings is 1. The summed E-state index contributed by atoms with van der Waals surface area (Å²) < 4.78 is 0. The molecule has 0 radical (unpaired) electrons. The van der Waals surface area contributed by atoms with E-state index in [0.29, 0.717) is 5.69 Å². The monoisotopic (exact) mass is 392 g/mol. The first-order valence-electron chi connectivity index (χ1n) is 11.1. The molecular formula is C24H32N4O. The lowest BCUT2D eigenvalue weighted by Crippen LogP contribution is -2.32. The summed E-state index contributed by atoms with van der Waals surface area (Å²) in [5, 5.41) is 3.39. The van der Waals surface area contributed by atoms with E-state index in [4.69, 9.17) is 0 Å². The number of hydrogen-bond donors (Lipinski definition) is 1. The van der Waals surface area contributed by atoms with Gasteiger partial charge in [0, 0.05) is 37.6 Å². The van der Waals surface area contributed by atoms with Crippen molar-refractivity contribution in [3.63, 3.8) is 0 Å². The summed E-state index contributed by atoms with van der Waals surface area (Å²) in [7, 11) is 0. The number of nitrogens with zero attached hydrogens (tertiary/aromatic N) is 3. The fourth-order valence-corrected chi connectivity index (χ4v) is 4.22. The van der Waals surface area contributed by atoms with E-state index in [1.807, 2.05) is 17.0 Å². The van der Waals surface area contributed by atoms with Gasteiger partial charge >= 0.3 is 0 Å². The molecule has 2 aliphatic heterocycles. The highest BCUT2D eigenvalue weighted by molar-refractivity contribution is 5.92. The Balaban J connectivity index is 1.35. The summed E-state index contributed by atoms with van der Waals surface area (Å²) >= 11 is 0. The number of likely N-dealkylation sites (tertiary alicyclic amines) is 1. The van der Waals surface area contributed by atoms with Crippen molar-refractivity contribution < 1.29 is 4.79 Å². The predicted molar refractivity (Wildman–Crippen MR) is 119 cm³/mol. The summed E-state index contributed by atoms with van der Waals surface area (Å²) in [5.74, 6) is 0.896. The minimum atomic E-state index is 0.0543. The molecule has 1 amide bonds. The van der Waals surface area contributed by atoms with Gasteiger partial charge < -0.3 is 15.1 Å². The fraction of sp³-hybridized carbons (Fsp3) is 0.500. The van der Waals surface area contributed by atoms with Crippen molar-refractivity contribution in [2.45, 2.75) is 45.4 Å². The zero-order valence-corrected chi connectivity index (χ0v) is 17.4. The van der Waals surface area contributed by atoms with Crippen LogP contribution in [-0.2, 0) is 0 Å². The van der Waals surface area contributed by atoms with Gasteiger partial charge in [-0.25, -0.2) is 4.98 Å². The molecule has 0 aliphatic carbocycles. The van der Waals surface area contributed by atoms with Crippen LogP contribution >= 0.6 is 0 Å². The highest BCUT2D eigenvalue weighted by Gasteiger charge is 2.18. The molecule has 0 bridgehead atoms. The standard InChI is InChI=1S/C24H32N4O/c1-19-12-16-27(17-13-19)22-9-6-20(7-10-22)26-21-8-11-23(25-18-21)24(29)28-14-4-2-3-5-15-28/h6-11,18-19,26H,2-5,12-17H2,1H3. The molecule has 2 aliphatic rings. The number of benzene rings is 1. The number of hydrogen-bond acceptors (Lipinski definition) is 4. The second-order valence-electron chi connectivity index (χ2n) is 8.48. The van der Waals surface area contributed by atoms with E-state index in [0.717, 1.165) is 56.3 Å². The second kappa shape index (κ2) is 9.29. The van der Waals surface area contributed by atoms with Crippen LogP contribution in [0.4, 0.5) is 17.1 Å². The highest BCUT2D eigenvalue weighted by Crippen LogP contribution is 2.25. The van der Waals surface area contributed by atoms with Gasteiger partial charge in [-0.05, 0) is 68.0 Å². The molecule has 5 heteroatoms. The summed E-state index contributed by atoms with van der Waals surface area (Å²) in [4.78, 5) is 21.5. The zero-order valence-electron chi connectivity index (χ0n) is 17.4. The Labute approximate surface area is 174 Å². The van der Waals surface area contributed by atoms with Gasteiger partial charge in [0.1, 0.15) is 5.69 Å². The zero-order chi connectivity index (χ0) is 20.1. The molecule has 154 valence electrons. The fourth-order valence-electron chi connectivity index (χ4n) is 4.22. The minimum absolute atomic E-state index is 0.0543. The van der Waals surface area contributed by atoms with E-state index in [1.165, 1.54) is 31.4 Å². The Morgan fingerprint density at radius 2 is 1.55 bits per heavy atom. The van der Waals surface area contributed by atoms with Crippen LogP contribution in [0.1, 0.15) is 55.9 Å². The average Bonchev–Trinajstić information content (AvgIpc) is 3.05. The molecule has 2 fully saturated rings. The van der Waals surface area contributed by atoms with Crippen molar-refractivity contribution in [1.82, 2.24) is 9.88 Å². The van der Waals surface area contributed by atoms with Crippen molar-refractivity contribution in [3.05, 3.63) is 48.3 Å². The first-order chi connectivity index (χ1) is 14.2. The lowest BCUT2D eigenvalue weighted by Gasteiger charge is -2.32. The Morgan fingerprint density at radius 1 is 0.897 bits per heavy atom. The Bertz CT molecular complexity index is 787. The first kappa shape index (κ1) is 19.7. The van der Waals surface area contributed by atoms with E-state index in [-0.39, 0.29) is 5.91 Å². The maximum absolute atomic E-state index is 12.7. The smallest absolute Gasteiger partial charge is 0.272 e. The maximum atomic E-state index is 12.7. The van der Waals surface area contributed by atoms with Gasteiger partial charge in [-0.15, -0.1) is 0 Å². The van der Waals surface area contributed by atoms with Crippen LogP contribution in [0, 0.1) is 5.92 Å². The minimum Gasteiger partial charge on any atom is -0.372 e. The molecule has 29 heavy (non-hydrogen) atoms. The van der Waals surface area contributed by atoms with Gasteiger partial charge in [-0.2, -0.15) is 0 Å². The number of anilines is 3. The SMILES string of the molecule is CC1CCN(c2ccc(Nc3ccc(C(=O)N4CCCCCC4)nc3)cc2)CC1. The van der Waals surface area contributed by atoms with E-state index in [9.17, 15) is 4.79 Å². The van der Waals surface area contributed by atoms with E-state index < -0.39 is 0 Å². The molecule has 0 spiro atoms. The number of carbonyl (C=O) groups is 1. The highest BCUT2D eigenvalue weighted by atomic mass is 16.2. The molecule has 1 aromatic heterocycles. The number of carbonyl (C=O) groups excluding carboxylic acids is 1. The van der Waals surface area contributed by atoms with E-state index >= 15 is 0 Å². The molecule has 5 nitrogen and oxygen atoms in total. The maximum Gasteiger partial charge on any atom is 0.272 e. The topological polar surface area (TPSA) is 48.5 Å². The normalized spacial score (nSPS) is 18.4. The molecule has 0 saturated carbocycles. The van der Waals surface area contributed by atoms with Crippen LogP contribution in [0.2, 0.25) is 0 Å². The number of nitrogens with one attached hydrogen (secondary N) is 1. The molecular weight excluding hydrogens is 360 g/mol. The molecule has 1 aromatic carbocycles. The van der Waals surface area contributed by atoms with Crippen LogP contribution in [0.5, 0.6) is 0 Å². The summed E-state index contributed by atoms with van der Waals surface area (Å²) in [6.45, 7) is 6.32. The summed E-state index contributed by atoms with van der Waals surface area (Å²) in [6, 6.07) is 12.4. The molecule has 0 atom stereocenters. The van der Waals surface area contributed by atoms with Crippen molar-refractivity contribution in [2.75, 3.05) is 36.4 Å². The van der Waals surface area contributed by atoms with Gasteiger partial charge in [0.05, 0.1) is 11.9 Å². The van der Waals surface area contributed by atoms with Crippen molar-refractivity contribution in [1.29, 1.82) is 0 Å². The molecule has 1 N–H and O–H groups in total. The van der Waals surface area contributed by atoms with Crippen LogP contribution in [0.15, 0.2) is 42.6 Å². The summed E-state index contributed by atoms with van der Waals surface area (Å²) in [5.41, 5.74) is 3.76. The second-order valence-corrected chi connectivity index (χ2v) is 8.48. The van der Waals surface area contributed by atoms with Crippen LogP contribution in [0.25, 0.3) is 0 Å². The largest absolute Gasteiger partial charge is 0.372 e. The van der Waals surface area contributed by atoms with E-state index in [1.54, 1.807) is 6.20 Å². The van der Waals surface area contributed by atoms with E-state index in [2.05, 4.69) is 46.4 Å². The van der Waals surface area contributed by atoms with Crippen LogP contribution < -0.4 is 10.2 Å². The van der Waals surface area contributed by atoms with Gasteiger partial charge in [0.25, 0.3) is 5.91 Å². The third kappa shape index (κ3) is 5.08. The lowest BCUT2D eigenvalue weighted by molar-refractivity contribution is 0.0756. The van der Waals surface area contributed by atoms with Gasteiger partial charge in [-0.1, -0.05) is 19.8 Å². The molecule has 0 unspecified atom stereocenters. The Hall–Kier alpha value is -2.56. The lowest BCUT2D eigenvalue weighted by atomic mass is 9.99. The number of amides is 1. The molecule has 4 rings (SSSR count). The first-order valence-corrected chi connectivity index (χ1v) is 11.1. The number of aromatic nitrogens is 1. The number of rotatable bonds is 4. The van der Waals surface area contributed by atoms with Gasteiger partial charge in [-0.3, -0.25) is 4.79 Å². The number of pyridine rings is 1. The van der Waals surface area contributed by atoms with Crippen molar-refractivity contribution in [2.24, 2.45) is 5.92 Å². The third-order valence-corrected chi connectivity index (χ3v) is 6.18. The van der Waals surface area contributed by atoms with Gasteiger partial charge in [0.2, 0.25) is 0 Å². The average molecular weight is 393 g/mol. The predicted octanol–water partition coefficient (Wildman–Crippen LogP) is 5.08. The Kier molecular flexibility index (Phi) is 6.33. The quantitative estimate of drug-likeness (QED) is 0.788. The van der Waals surface area contributed by atoms with Crippen LogP contribution in [-0.4, -0.2) is 42.0 Å². The third-order valence-electron chi connectivity index (χ3n) is 6.18. The van der Waals surface area contributed by atoms with Crippen molar-refractivity contribution >= 4 is 23.0 Å². The van der Waals surface area contributed by atoms with Crippen molar-refractivity contribution in [3.8, 4) is 0 Å². The molecule has 2 saturated heterocycles. The molecule has 2 aromatic rings. The Morgan fingerprint density at radius 3 is 2.17 bits per heavy atom. The van der Waals surface area contributed by atoms with Crippen LogP contribution in [0.3, 0.4) is 0 Å². The van der Waals surface area contributed by atoms with Gasteiger partial charge in [0.15, 0.2) is 0 Å².